The normalized spacial score (nSPS) is 11.0. The fourth-order valence-corrected chi connectivity index (χ4v) is 3.95. The van der Waals surface area contributed by atoms with E-state index in [0.717, 1.165) is 26.7 Å². The molecule has 6 nitrogen and oxygen atoms in total. The number of amides is 2. The maximum Gasteiger partial charge on any atom is 0.248 e. The molecule has 2 N–H and O–H groups in total. The zero-order valence-corrected chi connectivity index (χ0v) is 18.4. The molecule has 1 aromatic heterocycles. The van der Waals surface area contributed by atoms with Gasteiger partial charge in [-0.05, 0) is 48.9 Å². The van der Waals surface area contributed by atoms with Crippen LogP contribution in [-0.4, -0.2) is 23.9 Å². The molecule has 0 bridgehead atoms. The Labute approximate surface area is 181 Å². The molecule has 0 aliphatic carbocycles. The summed E-state index contributed by atoms with van der Waals surface area (Å²) in [6, 6.07) is 11.0. The minimum absolute atomic E-state index is 0.0480. The Bertz CT molecular complexity index is 1080. The molecule has 8 heteroatoms. The monoisotopic (exact) mass is 473 g/mol. The van der Waals surface area contributed by atoms with E-state index in [1.807, 2.05) is 37.3 Å². The van der Waals surface area contributed by atoms with Crippen LogP contribution in [0.1, 0.15) is 25.3 Å². The fourth-order valence-electron chi connectivity index (χ4n) is 2.65. The van der Waals surface area contributed by atoms with Crippen LogP contribution in [0.5, 0.6) is 5.75 Å². The van der Waals surface area contributed by atoms with E-state index in [-0.39, 0.29) is 11.8 Å². The molecule has 3 aromatic rings. The third-order valence-corrected chi connectivity index (χ3v) is 5.41. The summed E-state index contributed by atoms with van der Waals surface area (Å²) in [6.07, 6.45) is 4.40. The summed E-state index contributed by atoms with van der Waals surface area (Å²) >= 11 is 4.79. The number of methoxy groups -OCH3 is 1. The van der Waals surface area contributed by atoms with Crippen molar-refractivity contribution in [1.29, 1.82) is 0 Å². The lowest BCUT2D eigenvalue weighted by atomic mass is 10.2. The number of rotatable bonds is 7. The molecule has 0 aliphatic heterocycles. The minimum atomic E-state index is -0.257. The number of thiazole rings is 1. The second-order valence-electron chi connectivity index (χ2n) is 6.21. The van der Waals surface area contributed by atoms with Crippen LogP contribution < -0.4 is 15.4 Å². The Morgan fingerprint density at radius 1 is 1.21 bits per heavy atom. The topological polar surface area (TPSA) is 80.3 Å². The number of benzene rings is 2. The van der Waals surface area contributed by atoms with E-state index in [9.17, 15) is 9.59 Å². The molecule has 0 aliphatic rings. The molecular weight excluding hydrogens is 454 g/mol. The summed E-state index contributed by atoms with van der Waals surface area (Å²) in [5.74, 6) is 0.376. The molecule has 3 rings (SSSR count). The summed E-state index contributed by atoms with van der Waals surface area (Å²) in [7, 11) is 1.59. The zero-order valence-electron chi connectivity index (χ0n) is 16.0. The molecule has 0 saturated carbocycles. The van der Waals surface area contributed by atoms with Crippen molar-refractivity contribution in [1.82, 2.24) is 4.98 Å². The van der Waals surface area contributed by atoms with Crippen LogP contribution >= 0.6 is 27.3 Å². The first kappa shape index (κ1) is 21.0. The van der Waals surface area contributed by atoms with Crippen molar-refractivity contribution < 1.29 is 14.3 Å². The number of ether oxygens (including phenoxy) is 1. The van der Waals surface area contributed by atoms with Gasteiger partial charge in [0, 0.05) is 28.2 Å². The first-order valence-electron chi connectivity index (χ1n) is 9.01. The predicted octanol–water partition coefficient (Wildman–Crippen LogP) is 5.46. The molecule has 0 atom stereocenters. The van der Waals surface area contributed by atoms with Crippen molar-refractivity contribution in [2.45, 2.75) is 19.8 Å². The van der Waals surface area contributed by atoms with Crippen LogP contribution in [0.15, 0.2) is 46.9 Å². The molecule has 0 saturated heterocycles. The first-order valence-corrected chi connectivity index (χ1v) is 10.6. The van der Waals surface area contributed by atoms with Crippen molar-refractivity contribution in [3.8, 4) is 5.75 Å². The highest BCUT2D eigenvalue weighted by atomic mass is 79.9. The SMILES string of the molecule is CCCC(=O)Nc1nc2ccc(NC(=O)/C=C/c3cc(Br)ccc3OC)cc2s1. The van der Waals surface area contributed by atoms with Gasteiger partial charge >= 0.3 is 0 Å². The molecule has 29 heavy (non-hydrogen) atoms. The second-order valence-corrected chi connectivity index (χ2v) is 8.15. The van der Waals surface area contributed by atoms with Crippen molar-refractivity contribution >= 4 is 66.2 Å². The van der Waals surface area contributed by atoms with E-state index >= 15 is 0 Å². The van der Waals surface area contributed by atoms with E-state index in [0.29, 0.717) is 23.0 Å². The number of hydrogen-bond donors (Lipinski definition) is 2. The van der Waals surface area contributed by atoms with Crippen molar-refractivity contribution in [2.24, 2.45) is 0 Å². The Balaban J connectivity index is 1.70. The van der Waals surface area contributed by atoms with Crippen LogP contribution in [-0.2, 0) is 9.59 Å². The van der Waals surface area contributed by atoms with Gasteiger partial charge in [-0.25, -0.2) is 4.98 Å². The first-order chi connectivity index (χ1) is 14.0. The van der Waals surface area contributed by atoms with Crippen LogP contribution in [0.25, 0.3) is 16.3 Å². The van der Waals surface area contributed by atoms with Crippen molar-refractivity contribution in [3.63, 3.8) is 0 Å². The number of carbonyl (C=O) groups is 2. The highest BCUT2D eigenvalue weighted by Gasteiger charge is 2.09. The average Bonchev–Trinajstić information content (AvgIpc) is 3.08. The van der Waals surface area contributed by atoms with Gasteiger partial charge in [-0.1, -0.05) is 34.2 Å². The van der Waals surface area contributed by atoms with Gasteiger partial charge in [0.15, 0.2) is 5.13 Å². The van der Waals surface area contributed by atoms with Gasteiger partial charge in [-0.2, -0.15) is 0 Å². The van der Waals surface area contributed by atoms with Crippen LogP contribution in [0.4, 0.5) is 10.8 Å². The number of aromatic nitrogens is 1. The van der Waals surface area contributed by atoms with E-state index in [4.69, 9.17) is 4.74 Å². The molecule has 0 fully saturated rings. The van der Waals surface area contributed by atoms with Gasteiger partial charge in [-0.15, -0.1) is 0 Å². The fraction of sp³-hybridized carbons (Fsp3) is 0.190. The minimum Gasteiger partial charge on any atom is -0.496 e. The molecule has 0 unspecified atom stereocenters. The number of anilines is 2. The van der Waals surface area contributed by atoms with Gasteiger partial charge < -0.3 is 15.4 Å². The Kier molecular flexibility index (Phi) is 7.00. The second kappa shape index (κ2) is 9.67. The highest BCUT2D eigenvalue weighted by molar-refractivity contribution is 9.10. The third-order valence-electron chi connectivity index (χ3n) is 3.99. The molecule has 2 amide bonds. The summed E-state index contributed by atoms with van der Waals surface area (Å²) in [4.78, 5) is 28.4. The molecule has 1 heterocycles. The van der Waals surface area contributed by atoms with Gasteiger partial charge in [0.2, 0.25) is 11.8 Å². The van der Waals surface area contributed by atoms with Crippen LogP contribution in [0.2, 0.25) is 0 Å². The zero-order chi connectivity index (χ0) is 20.8. The smallest absolute Gasteiger partial charge is 0.248 e. The van der Waals surface area contributed by atoms with Crippen molar-refractivity contribution in [3.05, 3.63) is 52.5 Å². The van der Waals surface area contributed by atoms with Gasteiger partial charge in [0.25, 0.3) is 0 Å². The summed E-state index contributed by atoms with van der Waals surface area (Å²) < 4.78 is 7.09. The standard InChI is InChI=1S/C21H20BrN3O3S/c1-3-4-19(26)25-21-24-16-8-7-15(12-18(16)29-21)23-20(27)10-5-13-11-14(22)6-9-17(13)28-2/h5-12H,3-4H2,1-2H3,(H,23,27)(H,24,25,26)/b10-5+. The molecular formula is C21H20BrN3O3S. The number of fused-ring (bicyclic) bond motifs is 1. The number of halogens is 1. The number of carbonyl (C=O) groups excluding carboxylic acids is 2. The van der Waals surface area contributed by atoms with Crippen LogP contribution in [0, 0.1) is 0 Å². The Morgan fingerprint density at radius 3 is 2.79 bits per heavy atom. The third kappa shape index (κ3) is 5.65. The summed E-state index contributed by atoms with van der Waals surface area (Å²) in [5, 5.41) is 6.20. The van der Waals surface area contributed by atoms with Gasteiger partial charge in [0.05, 0.1) is 17.3 Å². The highest BCUT2D eigenvalue weighted by Crippen LogP contribution is 2.29. The average molecular weight is 474 g/mol. The predicted molar refractivity (Wildman–Crippen MR) is 122 cm³/mol. The maximum atomic E-state index is 12.3. The van der Waals surface area contributed by atoms with E-state index in [1.165, 1.54) is 17.4 Å². The molecule has 2 aromatic carbocycles. The summed E-state index contributed by atoms with van der Waals surface area (Å²) in [5.41, 5.74) is 2.22. The maximum absolute atomic E-state index is 12.3. The van der Waals surface area contributed by atoms with E-state index in [1.54, 1.807) is 19.3 Å². The molecule has 0 radical (unpaired) electrons. The lowest BCUT2D eigenvalue weighted by Crippen LogP contribution is -2.09. The van der Waals surface area contributed by atoms with E-state index in [2.05, 4.69) is 31.5 Å². The summed E-state index contributed by atoms with van der Waals surface area (Å²) in [6.45, 7) is 1.95. The number of nitrogens with zero attached hydrogens (tertiary/aromatic N) is 1. The number of nitrogens with one attached hydrogen (secondary N) is 2. The van der Waals surface area contributed by atoms with Crippen LogP contribution in [0.3, 0.4) is 0 Å². The number of hydrogen-bond acceptors (Lipinski definition) is 5. The quantitative estimate of drug-likeness (QED) is 0.446. The Hall–Kier alpha value is -2.71. The molecule has 0 spiro atoms. The Morgan fingerprint density at radius 2 is 2.03 bits per heavy atom. The van der Waals surface area contributed by atoms with Gasteiger partial charge in [0.1, 0.15) is 5.75 Å². The van der Waals surface area contributed by atoms with Gasteiger partial charge in [-0.3, -0.25) is 9.59 Å². The molecule has 150 valence electrons. The van der Waals surface area contributed by atoms with E-state index < -0.39 is 0 Å². The lowest BCUT2D eigenvalue weighted by Gasteiger charge is -2.05. The lowest BCUT2D eigenvalue weighted by molar-refractivity contribution is -0.116. The van der Waals surface area contributed by atoms with Crippen molar-refractivity contribution in [2.75, 3.05) is 17.7 Å². The largest absolute Gasteiger partial charge is 0.496 e.